The Hall–Kier alpha value is -3.09. The summed E-state index contributed by atoms with van der Waals surface area (Å²) in [5.41, 5.74) is 1.97. The second-order valence-electron chi connectivity index (χ2n) is 6.87. The van der Waals surface area contributed by atoms with Gasteiger partial charge in [0.2, 0.25) is 5.75 Å². The number of nitrogens with one attached hydrogen (secondary N) is 2. The van der Waals surface area contributed by atoms with Gasteiger partial charge in [0.1, 0.15) is 12.4 Å². The number of fused-ring (bicyclic) bond motifs is 1. The molecule has 7 nitrogen and oxygen atoms in total. The van der Waals surface area contributed by atoms with Gasteiger partial charge in [-0.15, -0.1) is 0 Å². The Balaban J connectivity index is 1.62. The first-order chi connectivity index (χ1) is 14.6. The van der Waals surface area contributed by atoms with E-state index in [1.54, 1.807) is 0 Å². The number of hydrogen-bond donors (Lipinski definition) is 2. The Labute approximate surface area is 177 Å². The highest BCUT2D eigenvalue weighted by atomic mass is 16.5. The number of rotatable bonds is 9. The molecule has 0 fully saturated rings. The summed E-state index contributed by atoms with van der Waals surface area (Å²) in [5.74, 6) is 2.70. The third kappa shape index (κ3) is 5.49. The Morgan fingerprint density at radius 2 is 1.70 bits per heavy atom. The molecule has 1 atom stereocenters. The molecule has 7 heteroatoms. The van der Waals surface area contributed by atoms with Crippen LogP contribution in [-0.4, -0.2) is 38.5 Å². The molecule has 1 heterocycles. The second-order valence-corrected chi connectivity index (χ2v) is 6.87. The summed E-state index contributed by atoms with van der Waals surface area (Å²) in [6.07, 6.45) is 0.746. The summed E-state index contributed by atoms with van der Waals surface area (Å²) < 4.78 is 22.9. The number of para-hydroxylation sites is 1. The summed E-state index contributed by atoms with van der Waals surface area (Å²) in [6, 6.07) is 11.3. The van der Waals surface area contributed by atoms with Crippen LogP contribution in [0.5, 0.6) is 23.0 Å². The molecular weight excluding hydrogens is 384 g/mol. The molecule has 162 valence electrons. The van der Waals surface area contributed by atoms with Gasteiger partial charge in [-0.3, -0.25) is 0 Å². The van der Waals surface area contributed by atoms with Crippen molar-refractivity contribution in [1.82, 2.24) is 10.6 Å². The van der Waals surface area contributed by atoms with Gasteiger partial charge in [0.15, 0.2) is 11.5 Å². The SMILES string of the molecule is CCOc1cc(CNC(=O)N[C@H]2COc3ccccc3C2)cc(OCC)c1OCC. The van der Waals surface area contributed by atoms with Gasteiger partial charge in [-0.25, -0.2) is 4.79 Å². The number of amides is 2. The molecule has 1 aliphatic heterocycles. The molecule has 0 aliphatic carbocycles. The lowest BCUT2D eigenvalue weighted by Gasteiger charge is -2.26. The summed E-state index contributed by atoms with van der Waals surface area (Å²) in [5, 5.41) is 5.88. The molecule has 2 N–H and O–H groups in total. The molecule has 2 aromatic rings. The van der Waals surface area contributed by atoms with E-state index >= 15 is 0 Å². The first-order valence-electron chi connectivity index (χ1n) is 10.4. The maximum Gasteiger partial charge on any atom is 0.315 e. The summed E-state index contributed by atoms with van der Waals surface area (Å²) in [6.45, 7) is 8.06. The minimum atomic E-state index is -0.243. The lowest BCUT2D eigenvalue weighted by atomic mass is 10.0. The van der Waals surface area contributed by atoms with Crippen molar-refractivity contribution in [2.45, 2.75) is 39.8 Å². The number of hydrogen-bond acceptors (Lipinski definition) is 5. The first-order valence-corrected chi connectivity index (χ1v) is 10.4. The standard InChI is InChI=1S/C23H30N2O5/c1-4-27-20-11-16(12-21(28-5-2)22(20)29-6-3)14-24-23(26)25-18-13-17-9-7-8-10-19(17)30-15-18/h7-12,18H,4-6,13-15H2,1-3H3,(H2,24,25,26)/t18-/m1/s1. The average Bonchev–Trinajstić information content (AvgIpc) is 2.75. The van der Waals surface area contributed by atoms with Crippen molar-refractivity contribution in [2.24, 2.45) is 0 Å². The molecule has 2 aromatic carbocycles. The van der Waals surface area contributed by atoms with Crippen LogP contribution in [0.4, 0.5) is 4.79 Å². The maximum atomic E-state index is 12.4. The molecule has 0 bridgehead atoms. The van der Waals surface area contributed by atoms with Crippen LogP contribution in [-0.2, 0) is 13.0 Å². The maximum absolute atomic E-state index is 12.4. The van der Waals surface area contributed by atoms with E-state index in [0.717, 1.165) is 23.3 Å². The zero-order valence-electron chi connectivity index (χ0n) is 17.8. The Morgan fingerprint density at radius 1 is 1.03 bits per heavy atom. The van der Waals surface area contributed by atoms with Gasteiger partial charge in [-0.1, -0.05) is 18.2 Å². The molecule has 2 amide bonds. The van der Waals surface area contributed by atoms with Gasteiger partial charge >= 0.3 is 6.03 Å². The van der Waals surface area contributed by atoms with E-state index in [2.05, 4.69) is 10.6 Å². The molecular formula is C23H30N2O5. The van der Waals surface area contributed by atoms with Gasteiger partial charge in [-0.05, 0) is 56.5 Å². The minimum absolute atomic E-state index is 0.0711. The number of ether oxygens (including phenoxy) is 4. The number of carbonyl (C=O) groups excluding carboxylic acids is 1. The van der Waals surface area contributed by atoms with E-state index < -0.39 is 0 Å². The molecule has 0 radical (unpaired) electrons. The average molecular weight is 415 g/mol. The monoisotopic (exact) mass is 414 g/mol. The Bertz CT molecular complexity index is 828. The zero-order chi connectivity index (χ0) is 21.3. The zero-order valence-corrected chi connectivity index (χ0v) is 17.8. The summed E-state index contributed by atoms with van der Waals surface area (Å²) in [7, 11) is 0. The van der Waals surface area contributed by atoms with Crippen molar-refractivity contribution >= 4 is 6.03 Å². The number of carbonyl (C=O) groups is 1. The molecule has 30 heavy (non-hydrogen) atoms. The molecule has 3 rings (SSSR count). The van der Waals surface area contributed by atoms with Gasteiger partial charge < -0.3 is 29.6 Å². The highest BCUT2D eigenvalue weighted by Gasteiger charge is 2.21. The van der Waals surface area contributed by atoms with Crippen LogP contribution in [0.2, 0.25) is 0 Å². The lowest BCUT2D eigenvalue weighted by Crippen LogP contribution is -2.47. The van der Waals surface area contributed by atoms with Crippen molar-refractivity contribution in [3.8, 4) is 23.0 Å². The topological polar surface area (TPSA) is 78.1 Å². The van der Waals surface area contributed by atoms with Gasteiger partial charge in [0.05, 0.1) is 25.9 Å². The van der Waals surface area contributed by atoms with Crippen molar-refractivity contribution in [3.05, 3.63) is 47.5 Å². The van der Waals surface area contributed by atoms with Crippen LogP contribution >= 0.6 is 0 Å². The third-order valence-corrected chi connectivity index (χ3v) is 4.64. The normalized spacial score (nSPS) is 14.8. The van der Waals surface area contributed by atoms with Crippen LogP contribution in [0, 0.1) is 0 Å². The van der Waals surface area contributed by atoms with Gasteiger partial charge in [0, 0.05) is 6.54 Å². The molecule has 0 unspecified atom stereocenters. The van der Waals surface area contributed by atoms with Gasteiger partial charge in [0.25, 0.3) is 0 Å². The van der Waals surface area contributed by atoms with Crippen molar-refractivity contribution in [2.75, 3.05) is 26.4 Å². The predicted molar refractivity (Wildman–Crippen MR) is 115 cm³/mol. The fourth-order valence-electron chi connectivity index (χ4n) is 3.38. The first kappa shape index (κ1) is 21.6. The molecule has 0 aromatic heterocycles. The van der Waals surface area contributed by atoms with E-state index in [4.69, 9.17) is 18.9 Å². The Morgan fingerprint density at radius 3 is 2.37 bits per heavy atom. The largest absolute Gasteiger partial charge is 0.491 e. The number of urea groups is 1. The van der Waals surface area contributed by atoms with Crippen LogP contribution in [0.1, 0.15) is 31.9 Å². The predicted octanol–water partition coefficient (Wildman–Crippen LogP) is 3.69. The van der Waals surface area contributed by atoms with Crippen LogP contribution in [0.3, 0.4) is 0 Å². The number of benzene rings is 2. The van der Waals surface area contributed by atoms with E-state index in [1.807, 2.05) is 57.2 Å². The van der Waals surface area contributed by atoms with Gasteiger partial charge in [-0.2, -0.15) is 0 Å². The van der Waals surface area contributed by atoms with E-state index in [1.165, 1.54) is 0 Å². The highest BCUT2D eigenvalue weighted by molar-refractivity contribution is 5.74. The Kier molecular flexibility index (Phi) is 7.65. The summed E-state index contributed by atoms with van der Waals surface area (Å²) >= 11 is 0. The van der Waals surface area contributed by atoms with Crippen molar-refractivity contribution < 1.29 is 23.7 Å². The smallest absolute Gasteiger partial charge is 0.315 e. The van der Waals surface area contributed by atoms with Crippen LogP contribution in [0.15, 0.2) is 36.4 Å². The lowest BCUT2D eigenvalue weighted by molar-refractivity contribution is 0.214. The molecule has 0 spiro atoms. The molecule has 1 aliphatic rings. The van der Waals surface area contributed by atoms with Crippen LogP contribution in [0.25, 0.3) is 0 Å². The van der Waals surface area contributed by atoms with E-state index in [0.29, 0.717) is 50.2 Å². The minimum Gasteiger partial charge on any atom is -0.491 e. The molecule has 0 saturated carbocycles. The quantitative estimate of drug-likeness (QED) is 0.654. The van der Waals surface area contributed by atoms with E-state index in [9.17, 15) is 4.79 Å². The fraction of sp³-hybridized carbons (Fsp3) is 0.435. The second kappa shape index (κ2) is 10.6. The molecule has 0 saturated heterocycles. The third-order valence-electron chi connectivity index (χ3n) is 4.64. The highest BCUT2D eigenvalue weighted by Crippen LogP contribution is 2.39. The van der Waals surface area contributed by atoms with Crippen molar-refractivity contribution in [1.29, 1.82) is 0 Å². The fourth-order valence-corrected chi connectivity index (χ4v) is 3.38. The summed E-state index contributed by atoms with van der Waals surface area (Å²) in [4.78, 5) is 12.4. The van der Waals surface area contributed by atoms with Crippen molar-refractivity contribution in [3.63, 3.8) is 0 Å². The van der Waals surface area contributed by atoms with Crippen LogP contribution < -0.4 is 29.6 Å². The van der Waals surface area contributed by atoms with E-state index in [-0.39, 0.29) is 12.1 Å².